The second-order valence-corrected chi connectivity index (χ2v) is 10.2. The number of hydrogen-bond donors (Lipinski definition) is 2. The van der Waals surface area contributed by atoms with Crippen molar-refractivity contribution in [1.82, 2.24) is 10.2 Å². The first-order chi connectivity index (χ1) is 18.1. The molecule has 0 radical (unpaired) electrons. The van der Waals surface area contributed by atoms with Crippen LogP contribution in [0.4, 0.5) is 0 Å². The standard InChI is InChI=1S/C28H34N2O7/c1-33-22-10-16(11-23(34-2)27(22)31)24-17-12-20-21(37-15-36-20)13-18(17)26(19-14-35-28(32)25(19)24)29-6-9-30-7-4-3-5-8-30/h10-13,19,24-26,29,31H,3-9,14-15H2,1-2H3/t19?,24-,25-,26+/m0/s1. The predicted octanol–water partition coefficient (Wildman–Crippen LogP) is 3.19. The van der Waals surface area contributed by atoms with Gasteiger partial charge in [0.25, 0.3) is 0 Å². The summed E-state index contributed by atoms with van der Waals surface area (Å²) < 4.78 is 28.1. The third-order valence-electron chi connectivity index (χ3n) is 8.29. The van der Waals surface area contributed by atoms with Crippen molar-refractivity contribution in [3.63, 3.8) is 0 Å². The van der Waals surface area contributed by atoms with Crippen LogP contribution in [0, 0.1) is 11.8 Å². The number of phenols is 1. The van der Waals surface area contributed by atoms with E-state index in [0.717, 1.165) is 42.9 Å². The zero-order valence-electron chi connectivity index (χ0n) is 21.3. The first kappa shape index (κ1) is 24.2. The van der Waals surface area contributed by atoms with E-state index in [-0.39, 0.29) is 36.4 Å². The lowest BCUT2D eigenvalue weighted by Gasteiger charge is -2.40. The Morgan fingerprint density at radius 2 is 1.65 bits per heavy atom. The highest BCUT2D eigenvalue weighted by Gasteiger charge is 2.52. The molecule has 0 saturated carbocycles. The number of aromatic hydroxyl groups is 1. The van der Waals surface area contributed by atoms with Gasteiger partial charge in [-0.1, -0.05) is 6.42 Å². The average Bonchev–Trinajstić information content (AvgIpc) is 3.54. The van der Waals surface area contributed by atoms with Gasteiger partial charge in [-0.05, 0) is 66.9 Å². The van der Waals surface area contributed by atoms with Gasteiger partial charge >= 0.3 is 5.97 Å². The fraction of sp³-hybridized carbons (Fsp3) is 0.536. The number of carbonyl (C=O) groups excluding carboxylic acids is 1. The van der Waals surface area contributed by atoms with Crippen molar-refractivity contribution in [3.05, 3.63) is 41.0 Å². The molecule has 2 saturated heterocycles. The Kier molecular flexibility index (Phi) is 6.50. The molecule has 37 heavy (non-hydrogen) atoms. The van der Waals surface area contributed by atoms with E-state index in [0.29, 0.717) is 29.6 Å². The highest BCUT2D eigenvalue weighted by molar-refractivity contribution is 5.79. The number of ether oxygens (including phenoxy) is 5. The molecule has 6 rings (SSSR count). The molecule has 1 aliphatic carbocycles. The summed E-state index contributed by atoms with van der Waals surface area (Å²) in [5.74, 6) is 0.890. The van der Waals surface area contributed by atoms with Crippen molar-refractivity contribution < 1.29 is 33.6 Å². The topological polar surface area (TPSA) is 98.7 Å². The molecule has 0 bridgehead atoms. The molecule has 2 fully saturated rings. The van der Waals surface area contributed by atoms with Gasteiger partial charge in [0.15, 0.2) is 23.0 Å². The lowest BCUT2D eigenvalue weighted by molar-refractivity contribution is -0.141. The monoisotopic (exact) mass is 510 g/mol. The number of likely N-dealkylation sites (tertiary alicyclic amines) is 1. The summed E-state index contributed by atoms with van der Waals surface area (Å²) >= 11 is 0. The molecular formula is C28H34N2O7. The van der Waals surface area contributed by atoms with E-state index in [1.807, 2.05) is 6.07 Å². The zero-order valence-corrected chi connectivity index (χ0v) is 21.3. The van der Waals surface area contributed by atoms with Crippen molar-refractivity contribution in [2.24, 2.45) is 11.8 Å². The van der Waals surface area contributed by atoms with E-state index in [2.05, 4.69) is 16.3 Å². The third-order valence-corrected chi connectivity index (χ3v) is 8.29. The maximum atomic E-state index is 13.3. The van der Waals surface area contributed by atoms with E-state index >= 15 is 0 Å². The first-order valence-electron chi connectivity index (χ1n) is 13.1. The summed E-state index contributed by atoms with van der Waals surface area (Å²) in [5.41, 5.74) is 2.88. The molecule has 0 spiro atoms. The van der Waals surface area contributed by atoms with E-state index in [9.17, 15) is 9.90 Å². The molecule has 198 valence electrons. The van der Waals surface area contributed by atoms with Gasteiger partial charge in [-0.2, -0.15) is 0 Å². The number of phenolic OH excluding ortho intramolecular Hbond substituents is 1. The normalized spacial score (nSPS) is 26.4. The summed E-state index contributed by atoms with van der Waals surface area (Å²) in [6, 6.07) is 7.54. The van der Waals surface area contributed by atoms with E-state index in [1.165, 1.54) is 33.5 Å². The molecule has 0 aromatic heterocycles. The van der Waals surface area contributed by atoms with Gasteiger partial charge in [0, 0.05) is 31.0 Å². The van der Waals surface area contributed by atoms with E-state index in [1.54, 1.807) is 12.1 Å². The SMILES string of the molecule is COc1cc([C@H]2c3cc4c(cc3[C@@H](NCCN3CCCCC3)C3COC(=O)[C@@H]32)OCO4)cc(OC)c1O. The second-order valence-electron chi connectivity index (χ2n) is 10.2. The minimum Gasteiger partial charge on any atom is -0.502 e. The quantitative estimate of drug-likeness (QED) is 0.544. The van der Waals surface area contributed by atoms with Crippen LogP contribution in [0.5, 0.6) is 28.7 Å². The van der Waals surface area contributed by atoms with Crippen molar-refractivity contribution >= 4 is 5.97 Å². The van der Waals surface area contributed by atoms with Gasteiger partial charge in [0.05, 0.1) is 26.7 Å². The van der Waals surface area contributed by atoms with Crippen LogP contribution >= 0.6 is 0 Å². The van der Waals surface area contributed by atoms with Crippen LogP contribution in [0.3, 0.4) is 0 Å². The molecule has 4 atom stereocenters. The number of carbonyl (C=O) groups is 1. The Hall–Kier alpha value is -3.17. The van der Waals surface area contributed by atoms with Gasteiger partial charge in [-0.25, -0.2) is 0 Å². The smallest absolute Gasteiger partial charge is 0.310 e. The number of nitrogens with one attached hydrogen (secondary N) is 1. The summed E-state index contributed by atoms with van der Waals surface area (Å²) in [6.07, 6.45) is 3.82. The number of nitrogens with zero attached hydrogens (tertiary/aromatic N) is 1. The van der Waals surface area contributed by atoms with Crippen LogP contribution in [0.25, 0.3) is 0 Å². The second kappa shape index (κ2) is 9.95. The third kappa shape index (κ3) is 4.24. The van der Waals surface area contributed by atoms with Crippen LogP contribution in [0.15, 0.2) is 24.3 Å². The first-order valence-corrected chi connectivity index (χ1v) is 13.1. The number of cyclic esters (lactones) is 1. The minimum absolute atomic E-state index is 0.0579. The molecule has 9 nitrogen and oxygen atoms in total. The van der Waals surface area contributed by atoms with Crippen molar-refractivity contribution in [2.45, 2.75) is 31.2 Å². The molecule has 2 N–H and O–H groups in total. The summed E-state index contributed by atoms with van der Waals surface area (Å²) in [7, 11) is 3.00. The predicted molar refractivity (Wildman–Crippen MR) is 135 cm³/mol. The summed E-state index contributed by atoms with van der Waals surface area (Å²) in [5, 5.41) is 14.3. The van der Waals surface area contributed by atoms with Gasteiger partial charge in [-0.15, -0.1) is 0 Å². The maximum Gasteiger partial charge on any atom is 0.310 e. The Bertz CT molecular complexity index is 1150. The van der Waals surface area contributed by atoms with Crippen molar-refractivity contribution in [1.29, 1.82) is 0 Å². The zero-order chi connectivity index (χ0) is 25.5. The molecule has 9 heteroatoms. The Labute approximate surface area is 216 Å². The minimum atomic E-state index is -0.403. The number of benzene rings is 2. The van der Waals surface area contributed by atoms with Crippen LogP contribution in [0.2, 0.25) is 0 Å². The van der Waals surface area contributed by atoms with Gasteiger partial charge in [0.2, 0.25) is 12.5 Å². The number of fused-ring (bicyclic) bond motifs is 3. The number of esters is 1. The van der Waals surface area contributed by atoms with Crippen LogP contribution in [0.1, 0.15) is 47.9 Å². The van der Waals surface area contributed by atoms with E-state index < -0.39 is 5.92 Å². The molecule has 3 aliphatic heterocycles. The molecule has 4 aliphatic rings. The van der Waals surface area contributed by atoms with Crippen molar-refractivity contribution in [3.8, 4) is 28.7 Å². The van der Waals surface area contributed by atoms with Crippen molar-refractivity contribution in [2.75, 3.05) is 53.8 Å². The fourth-order valence-electron chi connectivity index (χ4n) is 6.48. The maximum absolute atomic E-state index is 13.3. The highest BCUT2D eigenvalue weighted by atomic mass is 16.7. The average molecular weight is 511 g/mol. The molecular weight excluding hydrogens is 476 g/mol. The number of piperidine rings is 1. The summed E-state index contributed by atoms with van der Waals surface area (Å²) in [6.45, 7) is 4.59. The lowest BCUT2D eigenvalue weighted by atomic mass is 9.65. The molecule has 1 unspecified atom stereocenters. The molecule has 2 aromatic rings. The molecule has 0 amide bonds. The number of rotatable bonds is 7. The van der Waals surface area contributed by atoms with Gasteiger partial charge in [0.1, 0.15) is 0 Å². The largest absolute Gasteiger partial charge is 0.502 e. The van der Waals surface area contributed by atoms with Gasteiger partial charge < -0.3 is 39.0 Å². The van der Waals surface area contributed by atoms with Gasteiger partial charge in [-0.3, -0.25) is 4.79 Å². The Morgan fingerprint density at radius 3 is 2.32 bits per heavy atom. The van der Waals surface area contributed by atoms with Crippen LogP contribution in [-0.2, 0) is 9.53 Å². The highest BCUT2D eigenvalue weighted by Crippen LogP contribution is 2.55. The molecule has 2 aromatic carbocycles. The fourth-order valence-corrected chi connectivity index (χ4v) is 6.48. The summed E-state index contributed by atoms with van der Waals surface area (Å²) in [4.78, 5) is 15.8. The lowest BCUT2D eigenvalue weighted by Crippen LogP contribution is -2.43. The number of hydrogen-bond acceptors (Lipinski definition) is 9. The molecule has 3 heterocycles. The van der Waals surface area contributed by atoms with Crippen LogP contribution < -0.4 is 24.3 Å². The Balaban J connectivity index is 1.42. The van der Waals surface area contributed by atoms with Crippen LogP contribution in [-0.4, -0.2) is 69.8 Å². The Morgan fingerprint density at radius 1 is 0.973 bits per heavy atom. The number of methoxy groups -OCH3 is 2. The van der Waals surface area contributed by atoms with E-state index in [4.69, 9.17) is 23.7 Å².